The Morgan fingerprint density at radius 1 is 1.08 bits per heavy atom. The second-order valence-corrected chi connectivity index (χ2v) is 6.58. The zero-order valence-corrected chi connectivity index (χ0v) is 15.0. The van der Waals surface area contributed by atoms with Crippen LogP contribution in [-0.2, 0) is 4.74 Å². The molecule has 0 aliphatic carbocycles. The number of rotatable bonds is 5. The molecule has 1 N–H and O–H groups in total. The van der Waals surface area contributed by atoms with Gasteiger partial charge in [0.25, 0.3) is 0 Å². The lowest BCUT2D eigenvalue weighted by molar-refractivity contribution is 0.0527. The zero-order valence-electron chi connectivity index (χ0n) is 15.0. The summed E-state index contributed by atoms with van der Waals surface area (Å²) in [6, 6.07) is 13.2. The fraction of sp³-hybridized carbons (Fsp3) is 0.350. The molecule has 4 nitrogen and oxygen atoms in total. The van der Waals surface area contributed by atoms with Gasteiger partial charge in [0.15, 0.2) is 0 Å². The molecule has 2 aromatic rings. The topological polar surface area (TPSA) is 47.6 Å². The third-order valence-corrected chi connectivity index (χ3v) is 3.31. The molecule has 0 aromatic heterocycles. The van der Waals surface area contributed by atoms with E-state index in [2.05, 4.69) is 5.32 Å². The highest BCUT2D eigenvalue weighted by atomic mass is 16.5. The number of carbonyl (C=O) groups excluding carboxylic acids is 1. The van der Waals surface area contributed by atoms with E-state index in [1.54, 1.807) is 13.0 Å². The van der Waals surface area contributed by atoms with Gasteiger partial charge in [0.1, 0.15) is 11.4 Å². The summed E-state index contributed by atoms with van der Waals surface area (Å²) in [5, 5.41) is 3.31. The largest absolute Gasteiger partial charge is 0.488 e. The van der Waals surface area contributed by atoms with Crippen molar-refractivity contribution in [3.05, 3.63) is 53.6 Å². The van der Waals surface area contributed by atoms with Gasteiger partial charge in [-0.2, -0.15) is 0 Å². The molecule has 0 heterocycles. The van der Waals surface area contributed by atoms with E-state index in [-0.39, 0.29) is 11.6 Å². The highest BCUT2D eigenvalue weighted by Crippen LogP contribution is 2.28. The van der Waals surface area contributed by atoms with Gasteiger partial charge in [0.2, 0.25) is 0 Å². The maximum absolute atomic E-state index is 12.1. The molecule has 0 saturated carbocycles. The smallest absolute Gasteiger partial charge is 0.340 e. The van der Waals surface area contributed by atoms with E-state index in [1.807, 2.05) is 64.1 Å². The van der Waals surface area contributed by atoms with Gasteiger partial charge in [0, 0.05) is 5.69 Å². The minimum absolute atomic E-state index is 0.238. The van der Waals surface area contributed by atoms with E-state index in [1.165, 1.54) is 0 Å². The van der Waals surface area contributed by atoms with Gasteiger partial charge >= 0.3 is 5.97 Å². The Morgan fingerprint density at radius 2 is 1.79 bits per heavy atom. The van der Waals surface area contributed by atoms with Gasteiger partial charge in [-0.15, -0.1) is 0 Å². The molecule has 0 aliphatic rings. The van der Waals surface area contributed by atoms with Crippen molar-refractivity contribution >= 4 is 17.3 Å². The molecule has 2 aromatic carbocycles. The molecule has 0 radical (unpaired) electrons. The fourth-order valence-corrected chi connectivity index (χ4v) is 2.32. The molecule has 128 valence electrons. The van der Waals surface area contributed by atoms with Crippen LogP contribution in [0, 0.1) is 6.92 Å². The average molecular weight is 327 g/mol. The van der Waals surface area contributed by atoms with Crippen molar-refractivity contribution in [3.63, 3.8) is 0 Å². The third kappa shape index (κ3) is 4.75. The maximum Gasteiger partial charge on any atom is 0.340 e. The standard InChI is InChI=1S/C20H25NO3/c1-6-23-19(22)16-9-7-8-10-18(16)21-17-12-11-15(13-14(17)2)24-20(3,4)5/h7-13,21H,6H2,1-5H3. The number of hydrogen-bond acceptors (Lipinski definition) is 4. The molecule has 4 heteroatoms. The Bertz CT molecular complexity index is 717. The Balaban J connectivity index is 2.24. The monoisotopic (exact) mass is 327 g/mol. The van der Waals surface area contributed by atoms with Crippen LogP contribution >= 0.6 is 0 Å². The first-order chi connectivity index (χ1) is 11.3. The van der Waals surface area contributed by atoms with Gasteiger partial charge in [-0.05, 0) is 70.5 Å². The van der Waals surface area contributed by atoms with Crippen molar-refractivity contribution in [1.82, 2.24) is 0 Å². The molecule has 0 amide bonds. The van der Waals surface area contributed by atoms with Crippen LogP contribution in [0.15, 0.2) is 42.5 Å². The second-order valence-electron chi connectivity index (χ2n) is 6.58. The lowest BCUT2D eigenvalue weighted by atomic mass is 10.1. The highest BCUT2D eigenvalue weighted by Gasteiger charge is 2.14. The summed E-state index contributed by atoms with van der Waals surface area (Å²) in [6.07, 6.45) is 0. The van der Waals surface area contributed by atoms with Crippen LogP contribution in [0.25, 0.3) is 0 Å². The van der Waals surface area contributed by atoms with E-state index in [0.29, 0.717) is 12.2 Å². The van der Waals surface area contributed by atoms with Crippen molar-refractivity contribution in [3.8, 4) is 5.75 Å². The second kappa shape index (κ2) is 7.39. The van der Waals surface area contributed by atoms with Crippen LogP contribution in [0.3, 0.4) is 0 Å². The Kier molecular flexibility index (Phi) is 5.50. The maximum atomic E-state index is 12.1. The van der Waals surface area contributed by atoms with Gasteiger partial charge in [0.05, 0.1) is 17.9 Å². The number of esters is 1. The molecule has 0 bridgehead atoms. The van der Waals surface area contributed by atoms with Gasteiger partial charge in [-0.1, -0.05) is 12.1 Å². The summed E-state index contributed by atoms with van der Waals surface area (Å²) in [4.78, 5) is 12.1. The zero-order chi connectivity index (χ0) is 17.7. The number of benzene rings is 2. The Hall–Kier alpha value is -2.49. The van der Waals surface area contributed by atoms with E-state index < -0.39 is 0 Å². The number of anilines is 2. The van der Waals surface area contributed by atoms with Crippen molar-refractivity contribution in [2.24, 2.45) is 0 Å². The first-order valence-electron chi connectivity index (χ1n) is 8.13. The van der Waals surface area contributed by atoms with Crippen molar-refractivity contribution in [1.29, 1.82) is 0 Å². The van der Waals surface area contributed by atoms with Crippen LogP contribution in [-0.4, -0.2) is 18.2 Å². The van der Waals surface area contributed by atoms with Gasteiger partial charge in [-0.25, -0.2) is 4.79 Å². The van der Waals surface area contributed by atoms with Crippen LogP contribution in [0.5, 0.6) is 5.75 Å². The molecule has 0 atom stereocenters. The summed E-state index contributed by atoms with van der Waals surface area (Å²) in [6.45, 7) is 10.2. The molecule has 0 unspecified atom stereocenters. The van der Waals surface area contributed by atoms with E-state index in [4.69, 9.17) is 9.47 Å². The van der Waals surface area contributed by atoms with Gasteiger partial charge in [-0.3, -0.25) is 0 Å². The van der Waals surface area contributed by atoms with Crippen LogP contribution in [0.4, 0.5) is 11.4 Å². The Labute approximate surface area is 143 Å². The van der Waals surface area contributed by atoms with E-state index in [9.17, 15) is 4.79 Å². The number of hydrogen-bond donors (Lipinski definition) is 1. The van der Waals surface area contributed by atoms with Crippen LogP contribution in [0.1, 0.15) is 43.6 Å². The van der Waals surface area contributed by atoms with Crippen LogP contribution in [0.2, 0.25) is 0 Å². The molecule has 2 rings (SSSR count). The predicted octanol–water partition coefficient (Wildman–Crippen LogP) is 5.09. The van der Waals surface area contributed by atoms with Gasteiger partial charge < -0.3 is 14.8 Å². The highest BCUT2D eigenvalue weighted by molar-refractivity contribution is 5.96. The SMILES string of the molecule is CCOC(=O)c1ccccc1Nc1ccc(OC(C)(C)C)cc1C. The molecular formula is C20H25NO3. The van der Waals surface area contributed by atoms with E-state index in [0.717, 1.165) is 22.7 Å². The summed E-state index contributed by atoms with van der Waals surface area (Å²) in [5.74, 6) is 0.496. The lowest BCUT2D eigenvalue weighted by Gasteiger charge is -2.22. The first kappa shape index (κ1) is 17.9. The quantitative estimate of drug-likeness (QED) is 0.777. The van der Waals surface area contributed by atoms with E-state index >= 15 is 0 Å². The summed E-state index contributed by atoms with van der Waals surface area (Å²) < 4.78 is 11.0. The number of carbonyl (C=O) groups is 1. The summed E-state index contributed by atoms with van der Waals surface area (Å²) in [7, 11) is 0. The summed E-state index contributed by atoms with van der Waals surface area (Å²) >= 11 is 0. The van der Waals surface area contributed by atoms with Crippen molar-refractivity contribution in [2.75, 3.05) is 11.9 Å². The number of aryl methyl sites for hydroxylation is 1. The molecule has 0 aliphatic heterocycles. The number of nitrogens with one attached hydrogen (secondary N) is 1. The Morgan fingerprint density at radius 3 is 2.42 bits per heavy atom. The van der Waals surface area contributed by atoms with Crippen molar-refractivity contribution in [2.45, 2.75) is 40.2 Å². The minimum atomic E-state index is -0.328. The first-order valence-corrected chi connectivity index (χ1v) is 8.13. The molecular weight excluding hydrogens is 302 g/mol. The molecule has 0 saturated heterocycles. The third-order valence-electron chi connectivity index (χ3n) is 3.31. The molecule has 0 spiro atoms. The fourth-order valence-electron chi connectivity index (χ4n) is 2.32. The summed E-state index contributed by atoms with van der Waals surface area (Å²) in [5.41, 5.74) is 2.97. The van der Waals surface area contributed by atoms with Crippen LogP contribution < -0.4 is 10.1 Å². The predicted molar refractivity (Wildman–Crippen MR) is 97.2 cm³/mol. The number of ether oxygens (including phenoxy) is 2. The normalized spacial score (nSPS) is 11.0. The lowest BCUT2D eigenvalue weighted by Crippen LogP contribution is -2.22. The molecule has 0 fully saturated rings. The number of para-hydroxylation sites is 1. The average Bonchev–Trinajstić information content (AvgIpc) is 2.49. The minimum Gasteiger partial charge on any atom is -0.488 e. The van der Waals surface area contributed by atoms with Crippen molar-refractivity contribution < 1.29 is 14.3 Å². The molecule has 24 heavy (non-hydrogen) atoms.